The highest BCUT2D eigenvalue weighted by Gasteiger charge is 2.50. The van der Waals surface area contributed by atoms with E-state index < -0.39 is 0 Å². The molecule has 0 fully saturated rings. The van der Waals surface area contributed by atoms with Gasteiger partial charge in [-0.05, 0) is 168 Å². The van der Waals surface area contributed by atoms with Gasteiger partial charge in [0.15, 0.2) is 0 Å². The molecule has 2 aliphatic carbocycles. The summed E-state index contributed by atoms with van der Waals surface area (Å²) in [6.45, 7) is 36.5. The van der Waals surface area contributed by atoms with Crippen molar-refractivity contribution in [2.24, 2.45) is 0 Å². The standard InChI is InChI=1S/C63H71BN2S/c1-38-21-28-52-44(33-38)54-57(67-52)66(49-27-22-40(58(2,3)4)34-43(49)39-19-17-16-18-20-39)51-36-41(59(5,6)7)35-50-55(51)64(54)48-26-25-46-53(63(14,15)32-31-61(46,10)11)56(48)65(50)42-23-24-45-47(37-42)62(12,13)30-29-60(45,8)9/h16-28,33-37H,29-32H2,1-15H3. The second-order valence-corrected chi connectivity index (χ2v) is 26.7. The molecule has 0 N–H and O–H groups in total. The van der Waals surface area contributed by atoms with Crippen molar-refractivity contribution in [3.8, 4) is 11.1 Å². The van der Waals surface area contributed by atoms with E-state index in [9.17, 15) is 0 Å². The van der Waals surface area contributed by atoms with Crippen molar-refractivity contribution in [3.63, 3.8) is 0 Å². The largest absolute Gasteiger partial charge is 0.311 e. The Labute approximate surface area is 406 Å². The lowest BCUT2D eigenvalue weighted by atomic mass is 9.33. The molecule has 4 aliphatic rings. The van der Waals surface area contributed by atoms with Gasteiger partial charge in [0.2, 0.25) is 0 Å². The number of thiophene rings is 1. The molecule has 0 atom stereocenters. The van der Waals surface area contributed by atoms with Gasteiger partial charge in [-0.3, -0.25) is 0 Å². The van der Waals surface area contributed by atoms with Crippen LogP contribution in [0.3, 0.4) is 0 Å². The molecule has 0 saturated carbocycles. The van der Waals surface area contributed by atoms with Gasteiger partial charge in [0.1, 0.15) is 0 Å². The fourth-order valence-electron chi connectivity index (χ4n) is 12.6. The zero-order valence-corrected chi connectivity index (χ0v) is 43.9. The highest BCUT2D eigenvalue weighted by Crippen LogP contribution is 2.57. The Kier molecular flexibility index (Phi) is 9.61. The number of hydrogen-bond donors (Lipinski definition) is 0. The summed E-state index contributed by atoms with van der Waals surface area (Å²) >= 11 is 1.98. The van der Waals surface area contributed by atoms with E-state index in [0.717, 1.165) is 6.42 Å². The van der Waals surface area contributed by atoms with Crippen LogP contribution in [0.15, 0.2) is 109 Å². The molecule has 11 rings (SSSR count). The van der Waals surface area contributed by atoms with Gasteiger partial charge in [-0.25, -0.2) is 0 Å². The van der Waals surface area contributed by atoms with E-state index in [-0.39, 0.29) is 39.2 Å². The van der Waals surface area contributed by atoms with Gasteiger partial charge >= 0.3 is 0 Å². The van der Waals surface area contributed by atoms with Gasteiger partial charge in [-0.15, -0.1) is 11.3 Å². The molecular formula is C63H71BN2S. The van der Waals surface area contributed by atoms with E-state index in [1.807, 2.05) is 11.3 Å². The van der Waals surface area contributed by atoms with Gasteiger partial charge in [-0.1, -0.05) is 169 Å². The molecule has 0 spiro atoms. The summed E-state index contributed by atoms with van der Waals surface area (Å²) in [6, 6.07) is 43.7. The Balaban J connectivity index is 1.32. The SMILES string of the molecule is Cc1ccc2sc3c(c2c1)B1c2ccc4c(c2N(c2ccc5c(c2)C(C)(C)CCC5(C)C)c2cc(C(C)(C)C)cc(c21)N3c1ccc(C(C)(C)C)cc1-c1ccccc1)C(C)(C)CCC4(C)C. The maximum absolute atomic E-state index is 2.80. The van der Waals surface area contributed by atoms with Gasteiger partial charge in [0.25, 0.3) is 6.71 Å². The first-order chi connectivity index (χ1) is 31.4. The summed E-state index contributed by atoms with van der Waals surface area (Å²) in [5.41, 5.74) is 23.5. The number of nitrogens with zero attached hydrogens (tertiary/aromatic N) is 2. The lowest BCUT2D eigenvalue weighted by Crippen LogP contribution is -2.62. The van der Waals surface area contributed by atoms with E-state index in [0.29, 0.717) is 0 Å². The van der Waals surface area contributed by atoms with Gasteiger partial charge in [0.05, 0.1) is 10.7 Å². The molecule has 0 amide bonds. The Morgan fingerprint density at radius 1 is 0.522 bits per heavy atom. The fourth-order valence-corrected chi connectivity index (χ4v) is 13.8. The second kappa shape index (κ2) is 14.5. The zero-order chi connectivity index (χ0) is 47.5. The van der Waals surface area contributed by atoms with Crippen molar-refractivity contribution in [3.05, 3.63) is 148 Å². The molecule has 7 aromatic rings. The summed E-state index contributed by atoms with van der Waals surface area (Å²) < 4.78 is 1.35. The molecule has 0 unspecified atom stereocenters. The van der Waals surface area contributed by atoms with Crippen LogP contribution in [-0.4, -0.2) is 6.71 Å². The number of benzene rings is 6. The number of aryl methyl sites for hydroxylation is 1. The molecule has 4 heteroatoms. The van der Waals surface area contributed by atoms with Crippen molar-refractivity contribution in [1.29, 1.82) is 0 Å². The molecule has 3 heterocycles. The lowest BCUT2D eigenvalue weighted by molar-refractivity contribution is 0.331. The number of rotatable bonds is 3. The number of anilines is 6. The van der Waals surface area contributed by atoms with Crippen molar-refractivity contribution >= 4 is 78.0 Å². The molecule has 342 valence electrons. The first kappa shape index (κ1) is 44.5. The van der Waals surface area contributed by atoms with Crippen LogP contribution < -0.4 is 26.2 Å². The third kappa shape index (κ3) is 6.76. The van der Waals surface area contributed by atoms with Crippen molar-refractivity contribution in [2.45, 2.75) is 162 Å². The van der Waals surface area contributed by atoms with E-state index in [2.05, 4.69) is 223 Å². The van der Waals surface area contributed by atoms with Crippen LogP contribution in [-0.2, 0) is 32.5 Å². The van der Waals surface area contributed by atoms with E-state index in [1.54, 1.807) is 0 Å². The van der Waals surface area contributed by atoms with Crippen LogP contribution in [0.5, 0.6) is 0 Å². The van der Waals surface area contributed by atoms with E-state index >= 15 is 0 Å². The minimum absolute atomic E-state index is 0.00891. The van der Waals surface area contributed by atoms with Crippen LogP contribution >= 0.6 is 11.3 Å². The van der Waals surface area contributed by atoms with E-state index in [4.69, 9.17) is 0 Å². The van der Waals surface area contributed by atoms with Crippen LogP contribution in [0.25, 0.3) is 21.2 Å². The molecule has 67 heavy (non-hydrogen) atoms. The minimum atomic E-state index is -0.117. The maximum Gasteiger partial charge on any atom is 0.254 e. The Morgan fingerprint density at radius 3 is 1.81 bits per heavy atom. The number of fused-ring (bicyclic) bond motifs is 9. The van der Waals surface area contributed by atoms with E-state index in [1.165, 1.54) is 129 Å². The molecule has 0 radical (unpaired) electrons. The average Bonchev–Trinajstić information content (AvgIpc) is 3.64. The first-order valence-corrected chi connectivity index (χ1v) is 26.0. The molecule has 1 aromatic heterocycles. The fraction of sp³-hybridized carbons (Fsp3) is 0.397. The smallest absolute Gasteiger partial charge is 0.254 e. The third-order valence-corrected chi connectivity index (χ3v) is 18.1. The number of hydrogen-bond acceptors (Lipinski definition) is 3. The maximum atomic E-state index is 2.80. The Hall–Kier alpha value is -5.06. The predicted octanol–water partition coefficient (Wildman–Crippen LogP) is 16.3. The predicted molar refractivity (Wildman–Crippen MR) is 294 cm³/mol. The summed E-state index contributed by atoms with van der Waals surface area (Å²) in [5, 5.41) is 2.72. The minimum Gasteiger partial charge on any atom is -0.311 e. The summed E-state index contributed by atoms with van der Waals surface area (Å²) in [4.78, 5) is 5.51. The highest BCUT2D eigenvalue weighted by atomic mass is 32.1. The molecule has 0 saturated heterocycles. The van der Waals surface area contributed by atoms with Crippen molar-refractivity contribution in [2.75, 3.05) is 9.80 Å². The second-order valence-electron chi connectivity index (χ2n) is 25.6. The zero-order valence-electron chi connectivity index (χ0n) is 43.1. The third-order valence-electron chi connectivity index (χ3n) is 16.9. The quantitative estimate of drug-likeness (QED) is 0.163. The molecular weight excluding hydrogens is 828 g/mol. The van der Waals surface area contributed by atoms with Gasteiger partial charge in [0, 0.05) is 33.0 Å². The summed E-state index contributed by atoms with van der Waals surface area (Å²) in [7, 11) is 0. The summed E-state index contributed by atoms with van der Waals surface area (Å²) in [5.74, 6) is 0. The normalized spacial score (nSPS) is 18.5. The Bertz CT molecular complexity index is 3180. The molecule has 6 aromatic carbocycles. The molecule has 0 bridgehead atoms. The summed E-state index contributed by atoms with van der Waals surface area (Å²) in [6.07, 6.45) is 4.71. The molecule has 2 aliphatic heterocycles. The van der Waals surface area contributed by atoms with Gasteiger partial charge < -0.3 is 9.80 Å². The van der Waals surface area contributed by atoms with Crippen molar-refractivity contribution in [1.82, 2.24) is 0 Å². The first-order valence-electron chi connectivity index (χ1n) is 25.2. The highest BCUT2D eigenvalue weighted by molar-refractivity contribution is 7.26. The van der Waals surface area contributed by atoms with Crippen LogP contribution in [0.1, 0.15) is 162 Å². The average molecular weight is 899 g/mol. The van der Waals surface area contributed by atoms with Crippen LogP contribution in [0.2, 0.25) is 0 Å². The monoisotopic (exact) mass is 899 g/mol. The van der Waals surface area contributed by atoms with Crippen molar-refractivity contribution < 1.29 is 0 Å². The van der Waals surface area contributed by atoms with Gasteiger partial charge in [-0.2, -0.15) is 0 Å². The van der Waals surface area contributed by atoms with Crippen LogP contribution in [0, 0.1) is 6.92 Å². The molecule has 2 nitrogen and oxygen atoms in total. The van der Waals surface area contributed by atoms with Crippen LogP contribution in [0.4, 0.5) is 33.4 Å². The topological polar surface area (TPSA) is 6.48 Å². The Morgan fingerprint density at radius 2 is 1.13 bits per heavy atom. The lowest BCUT2D eigenvalue weighted by Gasteiger charge is -2.50.